The van der Waals surface area contributed by atoms with Gasteiger partial charge in [-0.15, -0.1) is 11.6 Å². The van der Waals surface area contributed by atoms with Crippen LogP contribution in [0.15, 0.2) is 0 Å². The maximum Gasteiger partial charge on any atom is 1.00 e. The van der Waals surface area contributed by atoms with Gasteiger partial charge in [0.1, 0.15) is 0 Å². The predicted octanol–water partition coefficient (Wildman–Crippen LogP) is -0.249. The molecule has 0 radical (unpaired) electrons. The van der Waals surface area contributed by atoms with Gasteiger partial charge in [0, 0.05) is 0 Å². The third-order valence-electron chi connectivity index (χ3n) is 0.614. The molecule has 0 saturated carbocycles. The van der Waals surface area contributed by atoms with E-state index in [9.17, 15) is 9.90 Å². The molecule has 8 heavy (non-hydrogen) atoms. The fourth-order valence-electron chi connectivity index (χ4n) is 0.167. The topological polar surface area (TPSA) is 40.1 Å². The number of rotatable bonds is 2. The first kappa shape index (κ1) is 11.3. The molecule has 4 heteroatoms. The minimum absolute atomic E-state index is 0. The molecule has 0 aliphatic rings. The van der Waals surface area contributed by atoms with Gasteiger partial charge in [0.05, 0.1) is 11.3 Å². The molecule has 1 unspecified atom stereocenters. The Hall–Kier alpha value is 0.500. The number of carboxylic acid groups (broad SMARTS) is 1. The van der Waals surface area contributed by atoms with Crippen LogP contribution in [-0.2, 0) is 27.2 Å². The summed E-state index contributed by atoms with van der Waals surface area (Å²) in [6, 6.07) is 0. The number of alkyl halides is 1. The Bertz CT molecular complexity index is 76.4. The number of carboxylic acids is 1. The monoisotopic (exact) mass is 228 g/mol. The second kappa shape index (κ2) is 5.63. The van der Waals surface area contributed by atoms with Crippen molar-refractivity contribution >= 4 is 17.6 Å². The van der Waals surface area contributed by atoms with Crippen molar-refractivity contribution < 1.29 is 32.3 Å². The molecule has 0 N–H and O–H groups in total. The molecule has 0 fully saturated rings. The van der Waals surface area contributed by atoms with Gasteiger partial charge in [-0.05, 0) is 6.42 Å². The van der Waals surface area contributed by atoms with Crippen LogP contribution in [0.25, 0.3) is 0 Å². The van der Waals surface area contributed by atoms with Crippen LogP contribution >= 0.6 is 11.6 Å². The van der Waals surface area contributed by atoms with Crippen LogP contribution in [-0.4, -0.2) is 11.3 Å². The average Bonchev–Trinajstić information content (AvgIpc) is 1.65. The summed E-state index contributed by atoms with van der Waals surface area (Å²) in [5.41, 5.74) is 0. The van der Waals surface area contributed by atoms with Crippen LogP contribution in [0.4, 0.5) is 0 Å². The normalized spacial score (nSPS) is 11.8. The van der Waals surface area contributed by atoms with Gasteiger partial charge in [0.2, 0.25) is 0 Å². The maximum atomic E-state index is 9.69. The fraction of sp³-hybridized carbons (Fsp3) is 0.750. The Morgan fingerprint density at radius 3 is 2.25 bits per heavy atom. The molecular weight excluding hydrogens is 223 g/mol. The Labute approximate surface area is 68.7 Å². The zero-order valence-electron chi connectivity index (χ0n) is 4.28. The van der Waals surface area contributed by atoms with E-state index < -0.39 is 11.3 Å². The minimum atomic E-state index is -1.19. The van der Waals surface area contributed by atoms with Gasteiger partial charge in [-0.1, -0.05) is 6.92 Å². The van der Waals surface area contributed by atoms with E-state index in [2.05, 4.69) is 0 Å². The average molecular weight is 229 g/mol. The van der Waals surface area contributed by atoms with Crippen molar-refractivity contribution in [2.45, 2.75) is 18.7 Å². The maximum absolute atomic E-state index is 9.69. The molecule has 0 amide bonds. The molecule has 0 spiro atoms. The zero-order valence-corrected chi connectivity index (χ0v) is 6.52. The molecule has 0 aliphatic heterocycles. The van der Waals surface area contributed by atoms with Crippen molar-refractivity contribution in [2.75, 3.05) is 0 Å². The molecule has 0 rings (SSSR count). The summed E-state index contributed by atoms with van der Waals surface area (Å²) in [5.74, 6) is -1.19. The minimum Gasteiger partial charge on any atom is -0.549 e. The first-order valence-corrected chi connectivity index (χ1v) is 2.47. The van der Waals surface area contributed by atoms with E-state index in [0.29, 0.717) is 6.42 Å². The predicted molar refractivity (Wildman–Crippen MR) is 24.9 cm³/mol. The number of halogens is 1. The van der Waals surface area contributed by atoms with E-state index in [4.69, 9.17) is 11.6 Å². The zero-order chi connectivity index (χ0) is 5.86. The molecule has 52 valence electrons. The molecule has 0 aromatic rings. The SMILES string of the molecule is CCC(Cl)C(=O)[O-].[Ag+]. The van der Waals surface area contributed by atoms with Crippen LogP contribution in [0.1, 0.15) is 13.3 Å². The standard InChI is InChI=1S/C4H7ClO2.Ag/c1-2-3(5)4(6)7;/h3H,2H2,1H3,(H,6,7);/q;+1/p-1. The largest absolute Gasteiger partial charge is 1.00 e. The van der Waals surface area contributed by atoms with Crippen LogP contribution in [0.5, 0.6) is 0 Å². The van der Waals surface area contributed by atoms with E-state index in [-0.39, 0.29) is 22.4 Å². The van der Waals surface area contributed by atoms with Crippen molar-refractivity contribution in [3.05, 3.63) is 0 Å². The molecule has 2 nitrogen and oxygen atoms in total. The molecule has 0 aliphatic carbocycles. The molecule has 0 aromatic carbocycles. The summed E-state index contributed by atoms with van der Waals surface area (Å²) >= 11 is 5.14. The van der Waals surface area contributed by atoms with Gasteiger partial charge in [0.25, 0.3) is 0 Å². The molecule has 0 bridgehead atoms. The molecule has 0 heterocycles. The quantitative estimate of drug-likeness (QED) is 0.484. The van der Waals surface area contributed by atoms with Gasteiger partial charge in [-0.25, -0.2) is 0 Å². The van der Waals surface area contributed by atoms with E-state index >= 15 is 0 Å². The van der Waals surface area contributed by atoms with Gasteiger partial charge in [0.15, 0.2) is 0 Å². The van der Waals surface area contributed by atoms with Crippen molar-refractivity contribution in [1.29, 1.82) is 0 Å². The summed E-state index contributed by atoms with van der Waals surface area (Å²) < 4.78 is 0. The Morgan fingerprint density at radius 1 is 1.88 bits per heavy atom. The molecule has 1 atom stereocenters. The Kier molecular flexibility index (Phi) is 7.97. The third kappa shape index (κ3) is 4.65. The number of hydrogen-bond donors (Lipinski definition) is 0. The van der Waals surface area contributed by atoms with Crippen LogP contribution in [0.3, 0.4) is 0 Å². The summed E-state index contributed by atoms with van der Waals surface area (Å²) in [4.78, 5) is 9.69. The second-order valence-corrected chi connectivity index (χ2v) is 1.72. The van der Waals surface area contributed by atoms with Crippen molar-refractivity contribution in [2.24, 2.45) is 0 Å². The Morgan fingerprint density at radius 2 is 2.25 bits per heavy atom. The molecule has 0 aromatic heterocycles. The van der Waals surface area contributed by atoms with Crippen LogP contribution in [0, 0.1) is 0 Å². The van der Waals surface area contributed by atoms with Crippen molar-refractivity contribution in [3.63, 3.8) is 0 Å². The van der Waals surface area contributed by atoms with Crippen molar-refractivity contribution in [3.8, 4) is 0 Å². The molecule has 0 saturated heterocycles. The van der Waals surface area contributed by atoms with Crippen LogP contribution in [0.2, 0.25) is 0 Å². The number of carbonyl (C=O) groups is 1. The van der Waals surface area contributed by atoms with Crippen LogP contribution < -0.4 is 5.11 Å². The summed E-state index contributed by atoms with van der Waals surface area (Å²) in [7, 11) is 0. The number of carbonyl (C=O) groups excluding carboxylic acids is 1. The summed E-state index contributed by atoms with van der Waals surface area (Å²) in [5, 5.41) is 8.87. The van der Waals surface area contributed by atoms with E-state index in [1.807, 2.05) is 0 Å². The first-order valence-electron chi connectivity index (χ1n) is 2.03. The number of aliphatic carboxylic acids is 1. The third-order valence-corrected chi connectivity index (χ3v) is 1.10. The second-order valence-electron chi connectivity index (χ2n) is 1.19. The summed E-state index contributed by atoms with van der Waals surface area (Å²) in [6.07, 6.45) is 0.421. The fourth-order valence-corrected chi connectivity index (χ4v) is 0.167. The summed E-state index contributed by atoms with van der Waals surface area (Å²) in [6.45, 7) is 1.69. The smallest absolute Gasteiger partial charge is 0.549 e. The number of hydrogen-bond acceptors (Lipinski definition) is 2. The van der Waals surface area contributed by atoms with E-state index in [0.717, 1.165) is 0 Å². The van der Waals surface area contributed by atoms with Crippen molar-refractivity contribution in [1.82, 2.24) is 0 Å². The van der Waals surface area contributed by atoms with E-state index in [1.165, 1.54) is 0 Å². The first-order chi connectivity index (χ1) is 3.18. The van der Waals surface area contributed by atoms with Gasteiger partial charge < -0.3 is 9.90 Å². The van der Waals surface area contributed by atoms with Gasteiger partial charge in [-0.3, -0.25) is 0 Å². The van der Waals surface area contributed by atoms with Gasteiger partial charge in [-0.2, -0.15) is 0 Å². The van der Waals surface area contributed by atoms with E-state index in [1.54, 1.807) is 6.92 Å². The van der Waals surface area contributed by atoms with Gasteiger partial charge >= 0.3 is 22.4 Å². The Balaban J connectivity index is 0. The molecular formula is C4H6AgClO2.